The molecule has 4 N–H and O–H groups in total. The lowest BCUT2D eigenvalue weighted by atomic mass is 10.1. The van der Waals surface area contributed by atoms with Crippen LogP contribution in [0.25, 0.3) is 44.7 Å². The Morgan fingerprint density at radius 2 is 1.47 bits per heavy atom. The van der Waals surface area contributed by atoms with Crippen molar-refractivity contribution in [2.24, 2.45) is 0 Å². The molecule has 7 rings (SSSR count). The summed E-state index contributed by atoms with van der Waals surface area (Å²) in [6, 6.07) is 13.3. The molecule has 6 heterocycles. The first-order valence-electron chi connectivity index (χ1n) is 12.7. The van der Waals surface area contributed by atoms with Crippen molar-refractivity contribution in [3.05, 3.63) is 72.8 Å². The Kier molecular flexibility index (Phi) is 5.33. The lowest BCUT2D eigenvalue weighted by Gasteiger charge is -2.07. The van der Waals surface area contributed by atoms with Crippen molar-refractivity contribution in [2.75, 3.05) is 13.1 Å². The van der Waals surface area contributed by atoms with Crippen LogP contribution in [0, 0.1) is 0 Å². The van der Waals surface area contributed by atoms with Crippen molar-refractivity contribution in [1.29, 1.82) is 0 Å². The second-order valence-corrected chi connectivity index (χ2v) is 9.71. The molecule has 180 valence electrons. The molecule has 0 unspecified atom stereocenters. The summed E-state index contributed by atoms with van der Waals surface area (Å²) in [5, 5.41) is 9.20. The molecule has 0 saturated carbocycles. The number of hydrogen-bond acceptors (Lipinski definition) is 6. The highest BCUT2D eigenvalue weighted by molar-refractivity contribution is 5.88. The van der Waals surface area contributed by atoms with Gasteiger partial charge in [0.25, 0.3) is 0 Å². The quantitative estimate of drug-likeness (QED) is 0.287. The highest BCUT2D eigenvalue weighted by atomic mass is 15.0. The van der Waals surface area contributed by atoms with Crippen molar-refractivity contribution in [1.82, 2.24) is 40.5 Å². The van der Waals surface area contributed by atoms with E-state index < -0.39 is 0 Å². The molecular formula is C28H28N8. The Bertz CT molecular complexity index is 1500. The smallest absolute Gasteiger partial charge is 0.124 e. The molecule has 2 saturated heterocycles. The fraction of sp³-hybridized carbons (Fsp3) is 0.286. The predicted molar refractivity (Wildman–Crippen MR) is 140 cm³/mol. The largest absolute Gasteiger partial charge is 0.347 e. The first kappa shape index (κ1) is 21.4. The van der Waals surface area contributed by atoms with Crippen molar-refractivity contribution in [2.45, 2.75) is 37.8 Å². The lowest BCUT2D eigenvalue weighted by Crippen LogP contribution is -2.14. The van der Waals surface area contributed by atoms with Crippen molar-refractivity contribution in [3.63, 3.8) is 0 Å². The van der Waals surface area contributed by atoms with Gasteiger partial charge in [-0.1, -0.05) is 12.1 Å². The van der Waals surface area contributed by atoms with E-state index in [1.807, 2.05) is 30.9 Å². The van der Waals surface area contributed by atoms with Crippen LogP contribution in [0.4, 0.5) is 0 Å². The molecule has 4 aromatic heterocycles. The van der Waals surface area contributed by atoms with Crippen LogP contribution in [0.2, 0.25) is 0 Å². The maximum atomic E-state index is 4.78. The van der Waals surface area contributed by atoms with Crippen LogP contribution in [0.1, 0.15) is 49.4 Å². The third kappa shape index (κ3) is 3.98. The number of fused-ring (bicyclic) bond motifs is 1. The van der Waals surface area contributed by atoms with E-state index in [-0.39, 0.29) is 0 Å². The Hall–Kier alpha value is -3.88. The van der Waals surface area contributed by atoms with E-state index >= 15 is 0 Å². The van der Waals surface area contributed by atoms with Gasteiger partial charge in [0.2, 0.25) is 0 Å². The van der Waals surface area contributed by atoms with Crippen molar-refractivity contribution in [3.8, 4) is 33.9 Å². The molecule has 5 aromatic rings. The molecule has 0 bridgehead atoms. The second kappa shape index (κ2) is 8.96. The minimum Gasteiger partial charge on any atom is -0.347 e. The molecule has 0 aliphatic carbocycles. The molecule has 0 radical (unpaired) electrons. The van der Waals surface area contributed by atoms with Crippen LogP contribution in [0.3, 0.4) is 0 Å². The molecule has 8 nitrogen and oxygen atoms in total. The van der Waals surface area contributed by atoms with Gasteiger partial charge in [-0.15, -0.1) is 0 Å². The Morgan fingerprint density at radius 1 is 0.667 bits per heavy atom. The Balaban J connectivity index is 1.11. The molecule has 2 aliphatic heterocycles. The fourth-order valence-corrected chi connectivity index (χ4v) is 5.31. The summed E-state index contributed by atoms with van der Waals surface area (Å²) in [4.78, 5) is 25.6. The number of aromatic amines is 2. The normalized spacial score (nSPS) is 19.9. The number of H-pyrrole nitrogens is 2. The third-order valence-corrected chi connectivity index (χ3v) is 7.33. The number of nitrogens with zero attached hydrogens (tertiary/aromatic N) is 4. The number of hydrogen-bond donors (Lipinski definition) is 4. The van der Waals surface area contributed by atoms with Gasteiger partial charge in [0.1, 0.15) is 11.6 Å². The maximum absolute atomic E-state index is 4.78. The minimum absolute atomic E-state index is 0.327. The van der Waals surface area contributed by atoms with E-state index in [9.17, 15) is 0 Å². The monoisotopic (exact) mass is 476 g/mol. The average Bonchev–Trinajstić information content (AvgIpc) is 3.75. The lowest BCUT2D eigenvalue weighted by molar-refractivity contribution is 0.613. The SMILES string of the molecule is c1cc(-c2cc3ccc(-c4cnc([C@@H]5CCCN5)[nH]4)cc3cn2)ncc1-c1c[nH]c([C@@H]2CCCN2)n1. The van der Waals surface area contributed by atoms with Gasteiger partial charge in [-0.05, 0) is 68.4 Å². The summed E-state index contributed by atoms with van der Waals surface area (Å²) in [5.41, 5.74) is 5.77. The van der Waals surface area contributed by atoms with Gasteiger partial charge >= 0.3 is 0 Å². The molecule has 2 fully saturated rings. The zero-order chi connectivity index (χ0) is 23.9. The van der Waals surface area contributed by atoms with Crippen LogP contribution in [0.5, 0.6) is 0 Å². The Morgan fingerprint density at radius 3 is 2.25 bits per heavy atom. The number of nitrogens with one attached hydrogen (secondary N) is 4. The van der Waals surface area contributed by atoms with Gasteiger partial charge in [0, 0.05) is 35.1 Å². The summed E-state index contributed by atoms with van der Waals surface area (Å²) >= 11 is 0. The summed E-state index contributed by atoms with van der Waals surface area (Å²) in [5.74, 6) is 2.02. The van der Waals surface area contributed by atoms with Crippen molar-refractivity contribution < 1.29 is 0 Å². The Labute approximate surface area is 209 Å². The van der Waals surface area contributed by atoms with E-state index in [4.69, 9.17) is 15.0 Å². The summed E-state index contributed by atoms with van der Waals surface area (Å²) in [7, 11) is 0. The number of pyridine rings is 2. The average molecular weight is 477 g/mol. The summed E-state index contributed by atoms with van der Waals surface area (Å²) in [6.07, 6.45) is 12.3. The minimum atomic E-state index is 0.327. The van der Waals surface area contributed by atoms with Gasteiger partial charge in [-0.3, -0.25) is 9.97 Å². The highest BCUT2D eigenvalue weighted by Crippen LogP contribution is 2.29. The number of imidazole rings is 2. The van der Waals surface area contributed by atoms with Gasteiger partial charge < -0.3 is 20.6 Å². The molecule has 8 heteroatoms. The van der Waals surface area contributed by atoms with E-state index in [2.05, 4.69) is 55.9 Å². The van der Waals surface area contributed by atoms with E-state index in [0.29, 0.717) is 12.1 Å². The molecule has 2 atom stereocenters. The van der Waals surface area contributed by atoms with Crippen LogP contribution in [-0.4, -0.2) is 43.0 Å². The summed E-state index contributed by atoms with van der Waals surface area (Å²) < 4.78 is 0. The fourth-order valence-electron chi connectivity index (χ4n) is 5.31. The van der Waals surface area contributed by atoms with E-state index in [0.717, 1.165) is 82.3 Å². The van der Waals surface area contributed by atoms with Crippen molar-refractivity contribution >= 4 is 10.8 Å². The zero-order valence-corrected chi connectivity index (χ0v) is 20.0. The maximum Gasteiger partial charge on any atom is 0.124 e. The zero-order valence-electron chi connectivity index (χ0n) is 20.0. The first-order chi connectivity index (χ1) is 17.8. The van der Waals surface area contributed by atoms with Crippen LogP contribution in [0.15, 0.2) is 61.2 Å². The van der Waals surface area contributed by atoms with Gasteiger partial charge in [-0.25, -0.2) is 9.97 Å². The molecule has 0 amide bonds. The van der Waals surface area contributed by atoms with E-state index in [1.54, 1.807) is 0 Å². The topological polar surface area (TPSA) is 107 Å². The highest BCUT2D eigenvalue weighted by Gasteiger charge is 2.20. The molecule has 0 spiro atoms. The van der Waals surface area contributed by atoms with Gasteiger partial charge in [0.05, 0.1) is 41.1 Å². The van der Waals surface area contributed by atoms with E-state index in [1.165, 1.54) is 12.8 Å². The van der Waals surface area contributed by atoms with Crippen LogP contribution in [-0.2, 0) is 0 Å². The van der Waals surface area contributed by atoms with Gasteiger partial charge in [0.15, 0.2) is 0 Å². The first-order valence-corrected chi connectivity index (χ1v) is 12.7. The molecule has 36 heavy (non-hydrogen) atoms. The number of benzene rings is 1. The standard InChI is InChI=1S/C28H28N8/c1-3-22(29-9-1)27-33-15-25(35-27)18-6-5-17-12-24(32-14-20(17)11-18)21-8-7-19(13-31-21)26-16-34-28(36-26)23-4-2-10-30-23/h5-8,11-16,22-23,29-30H,1-4,9-10H2,(H,33,35)(H,34,36)/t22-,23-/m0/s1. The van der Waals surface area contributed by atoms with Crippen LogP contribution < -0.4 is 10.6 Å². The number of rotatable bonds is 5. The second-order valence-electron chi connectivity index (χ2n) is 9.71. The molecular weight excluding hydrogens is 448 g/mol. The van der Waals surface area contributed by atoms with Crippen LogP contribution >= 0.6 is 0 Å². The number of aromatic nitrogens is 6. The van der Waals surface area contributed by atoms with Gasteiger partial charge in [-0.2, -0.15) is 0 Å². The predicted octanol–water partition coefficient (Wildman–Crippen LogP) is 4.93. The third-order valence-electron chi connectivity index (χ3n) is 7.33. The molecule has 1 aromatic carbocycles. The molecule has 2 aliphatic rings. The summed E-state index contributed by atoms with van der Waals surface area (Å²) in [6.45, 7) is 2.11.